The minimum absolute atomic E-state index is 0.118. The van der Waals surface area contributed by atoms with Crippen molar-refractivity contribution in [3.05, 3.63) is 83.9 Å². The van der Waals surface area contributed by atoms with Gasteiger partial charge in [-0.15, -0.1) is 0 Å². The molecule has 43 heavy (non-hydrogen) atoms. The third-order valence-corrected chi connectivity index (χ3v) is 8.55. The number of nitrogens with zero attached hydrogens (tertiary/aromatic N) is 4. The minimum Gasteiger partial charge on any atom is -0.394 e. The zero-order valence-electron chi connectivity index (χ0n) is 22.7. The number of imidazole rings is 1. The van der Waals surface area contributed by atoms with Gasteiger partial charge in [0.2, 0.25) is 0 Å². The van der Waals surface area contributed by atoms with Gasteiger partial charge >= 0.3 is 7.82 Å². The number of ether oxygens (including phenoxy) is 2. The largest absolute Gasteiger partial charge is 0.472 e. The number of rotatable bonds is 10. The molecule has 0 spiro atoms. The van der Waals surface area contributed by atoms with Crippen LogP contribution in [0.2, 0.25) is 0 Å². The van der Waals surface area contributed by atoms with Crippen molar-refractivity contribution in [3.63, 3.8) is 0 Å². The number of nitrogen functional groups attached to an aromatic ring is 1. The van der Waals surface area contributed by atoms with E-state index in [1.165, 1.54) is 12.7 Å². The summed E-state index contributed by atoms with van der Waals surface area (Å²) in [6.07, 6.45) is -1.94. The standard InChI is InChI=1S/C28H30N5O9P/c29-27-25-28(31-14-30-27)33(15-32-25)24-10-19(35)23(41-24)13-39-43(37,38)42-21-11-20(40-22(21)12-34)16-6-8-18(9-7-16)26(36)17-4-2-1-3-5-17/h1-9,14-15,19-24,34-35H,10-13H2,(H,37,38)(H2,29,30,31)/t19-,20-,21-,22+,23+,24+/m0/s1. The molecule has 226 valence electrons. The molecule has 2 aromatic carbocycles. The second-order valence-corrected chi connectivity index (χ2v) is 11.7. The van der Waals surface area contributed by atoms with Crippen LogP contribution in [0.1, 0.15) is 46.7 Å². The average molecular weight is 612 g/mol. The summed E-state index contributed by atoms with van der Waals surface area (Å²) in [6, 6.07) is 15.8. The van der Waals surface area contributed by atoms with E-state index in [4.69, 9.17) is 24.3 Å². The van der Waals surface area contributed by atoms with E-state index < -0.39 is 57.8 Å². The smallest absolute Gasteiger partial charge is 0.394 e. The van der Waals surface area contributed by atoms with Gasteiger partial charge in [-0.25, -0.2) is 19.5 Å². The predicted molar refractivity (Wildman–Crippen MR) is 151 cm³/mol. The third-order valence-electron chi connectivity index (χ3n) is 7.53. The fourth-order valence-electron chi connectivity index (χ4n) is 5.29. The number of hydrogen-bond acceptors (Lipinski definition) is 12. The summed E-state index contributed by atoms with van der Waals surface area (Å²) in [5, 5.41) is 20.4. The number of aromatic nitrogens is 4. The molecule has 0 amide bonds. The molecule has 0 aliphatic carbocycles. The van der Waals surface area contributed by atoms with Crippen LogP contribution in [0.4, 0.5) is 5.82 Å². The number of aliphatic hydroxyl groups excluding tert-OH is 2. The highest BCUT2D eigenvalue weighted by molar-refractivity contribution is 7.47. The fourth-order valence-corrected chi connectivity index (χ4v) is 6.25. The molecule has 0 saturated carbocycles. The Morgan fingerprint density at radius 3 is 2.51 bits per heavy atom. The van der Waals surface area contributed by atoms with Gasteiger partial charge in [-0.1, -0.05) is 54.6 Å². The molecule has 2 aliphatic heterocycles. The molecule has 2 fully saturated rings. The number of carbonyl (C=O) groups is 1. The molecule has 15 heteroatoms. The van der Waals surface area contributed by atoms with Gasteiger partial charge in [0.25, 0.3) is 0 Å². The molecule has 2 aromatic heterocycles. The van der Waals surface area contributed by atoms with E-state index in [0.717, 1.165) is 5.56 Å². The number of phosphoric acid groups is 1. The Balaban J connectivity index is 1.05. The summed E-state index contributed by atoms with van der Waals surface area (Å²) in [4.78, 5) is 35.4. The van der Waals surface area contributed by atoms with Crippen molar-refractivity contribution in [3.8, 4) is 0 Å². The van der Waals surface area contributed by atoms with Crippen molar-refractivity contribution in [2.75, 3.05) is 18.9 Å². The SMILES string of the molecule is Nc1ncnc2c1ncn2[C@H]1C[C@H](O)[C@@H](COP(=O)(O)O[C@H]2C[C@@H](c3ccc(C(=O)c4ccccc4)cc3)O[C@@H]2CO)O1. The Labute approximate surface area is 245 Å². The Bertz CT molecular complexity index is 1640. The first-order chi connectivity index (χ1) is 20.7. The first-order valence-electron chi connectivity index (χ1n) is 13.6. The van der Waals surface area contributed by atoms with Crippen LogP contribution in [0.25, 0.3) is 11.2 Å². The Hall–Kier alpha value is -3.59. The fraction of sp³-hybridized carbons (Fsp3) is 0.357. The number of carbonyl (C=O) groups excluding carboxylic acids is 1. The molecule has 6 rings (SSSR count). The van der Waals surface area contributed by atoms with Gasteiger partial charge in [-0.05, 0) is 5.56 Å². The summed E-state index contributed by atoms with van der Waals surface area (Å²) in [7, 11) is -4.65. The van der Waals surface area contributed by atoms with Crippen molar-refractivity contribution in [2.45, 2.75) is 49.6 Å². The van der Waals surface area contributed by atoms with Gasteiger partial charge in [-0.2, -0.15) is 0 Å². The van der Waals surface area contributed by atoms with Crippen molar-refractivity contribution in [2.24, 2.45) is 0 Å². The van der Waals surface area contributed by atoms with Crippen LogP contribution in [0.3, 0.4) is 0 Å². The van der Waals surface area contributed by atoms with Crippen LogP contribution in [-0.2, 0) is 23.1 Å². The van der Waals surface area contributed by atoms with Gasteiger partial charge in [0.15, 0.2) is 17.2 Å². The first kappa shape index (κ1) is 29.5. The number of aliphatic hydroxyl groups is 2. The number of fused-ring (bicyclic) bond motifs is 1. The molecule has 7 atom stereocenters. The van der Waals surface area contributed by atoms with Crippen molar-refractivity contribution in [1.29, 1.82) is 0 Å². The van der Waals surface area contributed by atoms with E-state index in [1.54, 1.807) is 53.1 Å². The van der Waals surface area contributed by atoms with Crippen LogP contribution in [0.5, 0.6) is 0 Å². The molecule has 2 aliphatic rings. The molecule has 1 unspecified atom stereocenters. The molecule has 0 bridgehead atoms. The molecule has 2 saturated heterocycles. The van der Waals surface area contributed by atoms with E-state index in [-0.39, 0.29) is 24.4 Å². The number of ketones is 1. The van der Waals surface area contributed by atoms with Gasteiger partial charge in [0.05, 0.1) is 31.7 Å². The summed E-state index contributed by atoms with van der Waals surface area (Å²) in [5.74, 6) is 0.0852. The number of phosphoric ester groups is 1. The first-order valence-corrected chi connectivity index (χ1v) is 15.1. The Morgan fingerprint density at radius 2 is 1.77 bits per heavy atom. The van der Waals surface area contributed by atoms with Gasteiger partial charge in [0, 0.05) is 24.0 Å². The lowest BCUT2D eigenvalue weighted by Crippen LogP contribution is -2.29. The summed E-state index contributed by atoms with van der Waals surface area (Å²) in [6.45, 7) is -0.891. The normalized spacial score (nSPS) is 27.0. The maximum atomic E-state index is 12.9. The molecule has 4 heterocycles. The van der Waals surface area contributed by atoms with Crippen LogP contribution in [0.15, 0.2) is 67.3 Å². The number of hydrogen-bond donors (Lipinski definition) is 4. The molecular weight excluding hydrogens is 581 g/mol. The van der Waals surface area contributed by atoms with E-state index in [9.17, 15) is 24.5 Å². The molecule has 14 nitrogen and oxygen atoms in total. The zero-order valence-corrected chi connectivity index (χ0v) is 23.6. The Morgan fingerprint density at radius 1 is 1.02 bits per heavy atom. The van der Waals surface area contributed by atoms with Crippen LogP contribution in [-0.4, -0.2) is 78.0 Å². The second kappa shape index (κ2) is 12.2. The van der Waals surface area contributed by atoms with Crippen LogP contribution < -0.4 is 5.73 Å². The monoisotopic (exact) mass is 611 g/mol. The predicted octanol–water partition coefficient (Wildman–Crippen LogP) is 2.31. The zero-order chi connectivity index (χ0) is 30.1. The lowest BCUT2D eigenvalue weighted by atomic mass is 9.99. The molecular formula is C28H30N5O9P. The van der Waals surface area contributed by atoms with E-state index in [2.05, 4.69) is 15.0 Å². The lowest BCUT2D eigenvalue weighted by molar-refractivity contribution is -0.0509. The van der Waals surface area contributed by atoms with Gasteiger partial charge in [-0.3, -0.25) is 18.4 Å². The number of anilines is 1. The maximum absolute atomic E-state index is 12.9. The van der Waals surface area contributed by atoms with Gasteiger partial charge in [0.1, 0.15) is 36.4 Å². The average Bonchev–Trinajstić information content (AvgIpc) is 3.73. The molecule has 5 N–H and O–H groups in total. The molecule has 0 radical (unpaired) electrons. The van der Waals surface area contributed by atoms with Crippen molar-refractivity contribution in [1.82, 2.24) is 19.5 Å². The second-order valence-electron chi connectivity index (χ2n) is 10.3. The van der Waals surface area contributed by atoms with Crippen LogP contribution >= 0.6 is 7.82 Å². The third kappa shape index (κ3) is 6.23. The van der Waals surface area contributed by atoms with E-state index >= 15 is 0 Å². The highest BCUT2D eigenvalue weighted by Crippen LogP contribution is 2.49. The highest BCUT2D eigenvalue weighted by atomic mass is 31.2. The minimum atomic E-state index is -4.65. The molecule has 4 aromatic rings. The quantitative estimate of drug-likeness (QED) is 0.150. The topological polar surface area (TPSA) is 201 Å². The van der Waals surface area contributed by atoms with Crippen molar-refractivity contribution < 1.29 is 43.0 Å². The maximum Gasteiger partial charge on any atom is 0.472 e. The lowest BCUT2D eigenvalue weighted by Gasteiger charge is -2.22. The number of benzene rings is 2. The van der Waals surface area contributed by atoms with E-state index in [1.807, 2.05) is 6.07 Å². The highest BCUT2D eigenvalue weighted by Gasteiger charge is 2.43. The van der Waals surface area contributed by atoms with Crippen molar-refractivity contribution >= 4 is 30.6 Å². The van der Waals surface area contributed by atoms with Gasteiger partial charge < -0.3 is 30.3 Å². The van der Waals surface area contributed by atoms with E-state index in [0.29, 0.717) is 22.3 Å². The number of nitrogens with two attached hydrogens (primary N) is 1. The summed E-state index contributed by atoms with van der Waals surface area (Å²) in [5.41, 5.74) is 8.44. The summed E-state index contributed by atoms with van der Waals surface area (Å²) < 4.78 is 36.8. The summed E-state index contributed by atoms with van der Waals surface area (Å²) >= 11 is 0. The van der Waals surface area contributed by atoms with Crippen LogP contribution in [0, 0.1) is 0 Å². The Kier molecular flexibility index (Phi) is 8.36.